The van der Waals surface area contributed by atoms with Gasteiger partial charge in [-0.3, -0.25) is 4.98 Å². The minimum atomic E-state index is -3.38. The highest BCUT2D eigenvalue weighted by atomic mass is 79.9. The fourth-order valence-corrected chi connectivity index (χ4v) is 4.15. The van der Waals surface area contributed by atoms with E-state index in [1.54, 1.807) is 16.6 Å². The molecule has 1 aromatic heterocycles. The lowest BCUT2D eigenvalue weighted by Crippen LogP contribution is -2.39. The second kappa shape index (κ2) is 5.04. The van der Waals surface area contributed by atoms with Crippen LogP contribution in [0.1, 0.15) is 19.8 Å². The van der Waals surface area contributed by atoms with Gasteiger partial charge in [0, 0.05) is 30.0 Å². The summed E-state index contributed by atoms with van der Waals surface area (Å²) in [6, 6.07) is 1.60. The molecule has 0 saturated carbocycles. The van der Waals surface area contributed by atoms with Gasteiger partial charge < -0.3 is 0 Å². The highest BCUT2D eigenvalue weighted by Crippen LogP contribution is 2.24. The normalized spacial score (nSPS) is 22.6. The molecule has 0 amide bonds. The number of halogens is 1. The summed E-state index contributed by atoms with van der Waals surface area (Å²) in [7, 11) is -3.38. The van der Waals surface area contributed by atoms with Gasteiger partial charge in [0.05, 0.1) is 0 Å². The molecule has 1 fully saturated rings. The van der Waals surface area contributed by atoms with Crippen molar-refractivity contribution in [3.05, 3.63) is 22.9 Å². The summed E-state index contributed by atoms with van der Waals surface area (Å²) < 4.78 is 26.9. The molecule has 1 aliphatic rings. The number of hydrogen-bond donors (Lipinski definition) is 0. The van der Waals surface area contributed by atoms with Gasteiger partial charge in [-0.2, -0.15) is 4.31 Å². The van der Waals surface area contributed by atoms with E-state index in [0.717, 1.165) is 12.8 Å². The minimum Gasteiger partial charge on any atom is -0.262 e. The highest BCUT2D eigenvalue weighted by Gasteiger charge is 2.28. The van der Waals surface area contributed by atoms with Crippen molar-refractivity contribution >= 4 is 26.0 Å². The Bertz CT molecular complexity index is 504. The summed E-state index contributed by atoms with van der Waals surface area (Å²) in [5, 5.41) is 0. The Labute approximate surface area is 110 Å². The van der Waals surface area contributed by atoms with Crippen LogP contribution in [-0.4, -0.2) is 30.8 Å². The van der Waals surface area contributed by atoms with Gasteiger partial charge in [0.2, 0.25) is 10.0 Å². The number of pyridine rings is 1. The van der Waals surface area contributed by atoms with E-state index < -0.39 is 10.0 Å². The molecule has 4 nitrogen and oxygen atoms in total. The first-order chi connectivity index (χ1) is 8.00. The summed E-state index contributed by atoms with van der Waals surface area (Å²) in [5.41, 5.74) is 0. The zero-order valence-electron chi connectivity index (χ0n) is 9.63. The van der Waals surface area contributed by atoms with E-state index in [9.17, 15) is 8.42 Å². The number of aromatic nitrogens is 1. The molecule has 6 heteroatoms. The van der Waals surface area contributed by atoms with Gasteiger partial charge in [-0.05, 0) is 40.8 Å². The number of nitrogens with zero attached hydrogens (tertiary/aromatic N) is 2. The molecule has 0 aliphatic carbocycles. The molecular weight excluding hydrogens is 304 g/mol. The molecule has 0 unspecified atom stereocenters. The topological polar surface area (TPSA) is 50.3 Å². The van der Waals surface area contributed by atoms with E-state index in [4.69, 9.17) is 0 Å². The zero-order valence-corrected chi connectivity index (χ0v) is 12.0. The maximum absolute atomic E-state index is 12.4. The number of sulfonamides is 1. The molecule has 0 spiro atoms. The zero-order chi connectivity index (χ0) is 12.5. The monoisotopic (exact) mass is 318 g/mol. The van der Waals surface area contributed by atoms with E-state index >= 15 is 0 Å². The van der Waals surface area contributed by atoms with Crippen LogP contribution < -0.4 is 0 Å². The predicted octanol–water partition coefficient (Wildman–Crippen LogP) is 2.26. The third-order valence-corrected chi connectivity index (χ3v) is 5.20. The molecule has 1 aromatic rings. The van der Waals surface area contributed by atoms with Crippen LogP contribution >= 0.6 is 15.9 Å². The summed E-state index contributed by atoms with van der Waals surface area (Å²) in [5.74, 6) is 0.429. The lowest BCUT2D eigenvalue weighted by molar-refractivity contribution is 0.281. The molecule has 0 bridgehead atoms. The van der Waals surface area contributed by atoms with Crippen molar-refractivity contribution in [2.24, 2.45) is 5.92 Å². The average molecular weight is 319 g/mol. The van der Waals surface area contributed by atoms with Gasteiger partial charge in [0.1, 0.15) is 4.90 Å². The van der Waals surface area contributed by atoms with Crippen molar-refractivity contribution in [3.8, 4) is 0 Å². The van der Waals surface area contributed by atoms with Crippen LogP contribution in [0.3, 0.4) is 0 Å². The maximum atomic E-state index is 12.4. The summed E-state index contributed by atoms with van der Waals surface area (Å²) >= 11 is 3.25. The highest BCUT2D eigenvalue weighted by molar-refractivity contribution is 9.10. The Morgan fingerprint density at radius 2 is 2.24 bits per heavy atom. The second-order valence-corrected chi connectivity index (χ2v) is 7.30. The Kier molecular flexibility index (Phi) is 3.85. The molecule has 2 heterocycles. The largest absolute Gasteiger partial charge is 0.262 e. The number of rotatable bonds is 2. The first-order valence-corrected chi connectivity index (χ1v) is 7.84. The van der Waals surface area contributed by atoms with E-state index in [0.29, 0.717) is 23.5 Å². The molecule has 1 saturated heterocycles. The van der Waals surface area contributed by atoms with Crippen molar-refractivity contribution in [2.45, 2.75) is 24.7 Å². The third kappa shape index (κ3) is 2.86. The van der Waals surface area contributed by atoms with Gasteiger partial charge in [-0.25, -0.2) is 8.42 Å². The lowest BCUT2D eigenvalue weighted by Gasteiger charge is -2.29. The Morgan fingerprint density at radius 1 is 1.47 bits per heavy atom. The molecule has 2 rings (SSSR count). The average Bonchev–Trinajstić information content (AvgIpc) is 2.29. The van der Waals surface area contributed by atoms with Gasteiger partial charge in [-0.15, -0.1) is 0 Å². The summed E-state index contributed by atoms with van der Waals surface area (Å²) in [4.78, 5) is 4.18. The fourth-order valence-electron chi connectivity index (χ4n) is 2.05. The first-order valence-electron chi connectivity index (χ1n) is 5.61. The van der Waals surface area contributed by atoms with Crippen LogP contribution in [0.25, 0.3) is 0 Å². The summed E-state index contributed by atoms with van der Waals surface area (Å²) in [6.45, 7) is 3.30. The van der Waals surface area contributed by atoms with Crippen LogP contribution in [0, 0.1) is 5.92 Å². The number of hydrogen-bond acceptors (Lipinski definition) is 3. The van der Waals surface area contributed by atoms with E-state index in [2.05, 4.69) is 27.8 Å². The van der Waals surface area contributed by atoms with Gasteiger partial charge in [0.25, 0.3) is 0 Å². The maximum Gasteiger partial charge on any atom is 0.244 e. The SMILES string of the molecule is C[C@H]1CCCN(S(=O)(=O)c2cncc(Br)c2)C1. The van der Waals surface area contributed by atoms with Crippen molar-refractivity contribution in [1.29, 1.82) is 0 Å². The minimum absolute atomic E-state index is 0.265. The Hall–Kier alpha value is -0.460. The Morgan fingerprint density at radius 3 is 2.88 bits per heavy atom. The molecule has 0 N–H and O–H groups in total. The van der Waals surface area contributed by atoms with E-state index in [1.807, 2.05) is 0 Å². The molecular formula is C11H15BrN2O2S. The summed E-state index contributed by atoms with van der Waals surface area (Å²) in [6.07, 6.45) is 5.02. The van der Waals surface area contributed by atoms with Crippen LogP contribution in [0.15, 0.2) is 27.8 Å². The third-order valence-electron chi connectivity index (χ3n) is 2.94. The van der Waals surface area contributed by atoms with Gasteiger partial charge >= 0.3 is 0 Å². The van der Waals surface area contributed by atoms with Crippen molar-refractivity contribution in [3.63, 3.8) is 0 Å². The molecule has 94 valence electrons. The van der Waals surface area contributed by atoms with Gasteiger partial charge in [-0.1, -0.05) is 6.92 Å². The van der Waals surface area contributed by atoms with Crippen molar-refractivity contribution < 1.29 is 8.42 Å². The standard InChI is InChI=1S/C11H15BrN2O2S/c1-9-3-2-4-14(8-9)17(15,16)11-5-10(12)6-13-7-11/h5-7,9H,2-4,8H2,1H3/t9-/m0/s1. The lowest BCUT2D eigenvalue weighted by atomic mass is 10.0. The van der Waals surface area contributed by atoms with Crippen LogP contribution in [-0.2, 0) is 10.0 Å². The Balaban J connectivity index is 2.29. The van der Waals surface area contributed by atoms with Crippen molar-refractivity contribution in [1.82, 2.24) is 9.29 Å². The second-order valence-electron chi connectivity index (χ2n) is 4.45. The van der Waals surface area contributed by atoms with Gasteiger partial charge in [0.15, 0.2) is 0 Å². The first kappa shape index (κ1) is 13.0. The molecule has 0 aromatic carbocycles. The van der Waals surface area contributed by atoms with E-state index in [1.165, 1.54) is 6.20 Å². The number of piperidine rings is 1. The van der Waals surface area contributed by atoms with Crippen molar-refractivity contribution in [2.75, 3.05) is 13.1 Å². The molecule has 0 radical (unpaired) electrons. The van der Waals surface area contributed by atoms with Crippen LogP contribution in [0.2, 0.25) is 0 Å². The smallest absolute Gasteiger partial charge is 0.244 e. The quantitative estimate of drug-likeness (QED) is 0.840. The van der Waals surface area contributed by atoms with E-state index in [-0.39, 0.29) is 4.90 Å². The fraction of sp³-hybridized carbons (Fsp3) is 0.545. The molecule has 17 heavy (non-hydrogen) atoms. The predicted molar refractivity (Wildman–Crippen MR) is 69.1 cm³/mol. The van der Waals surface area contributed by atoms with Crippen LogP contribution in [0.4, 0.5) is 0 Å². The van der Waals surface area contributed by atoms with Crippen LogP contribution in [0.5, 0.6) is 0 Å². The molecule has 1 aliphatic heterocycles. The molecule has 1 atom stereocenters.